The van der Waals surface area contributed by atoms with Crippen LogP contribution in [0.4, 0.5) is 0 Å². The van der Waals surface area contributed by atoms with E-state index in [1.165, 1.54) is 0 Å². The Morgan fingerprint density at radius 2 is 2.32 bits per heavy atom. The molecule has 1 saturated heterocycles. The fourth-order valence-electron chi connectivity index (χ4n) is 3.07. The summed E-state index contributed by atoms with van der Waals surface area (Å²) in [7, 11) is 0. The second-order valence-corrected chi connectivity index (χ2v) is 5.55. The molecular formula is C16H19N3O3. The predicted octanol–water partition coefficient (Wildman–Crippen LogP) is 0.766. The number of aromatic amines is 1. The molecule has 2 aromatic rings. The largest absolute Gasteiger partial charge is 0.383 e. The van der Waals surface area contributed by atoms with Crippen LogP contribution in [-0.4, -0.2) is 46.1 Å². The lowest BCUT2D eigenvalue weighted by Crippen LogP contribution is -2.48. The Bertz CT molecular complexity index is 682. The zero-order valence-electron chi connectivity index (χ0n) is 12.2. The molecule has 1 aliphatic rings. The number of H-pyrrole nitrogens is 1. The highest BCUT2D eigenvalue weighted by atomic mass is 16.3. The van der Waals surface area contributed by atoms with E-state index in [-0.39, 0.29) is 18.5 Å². The van der Waals surface area contributed by atoms with Crippen molar-refractivity contribution in [1.82, 2.24) is 15.2 Å². The molecule has 3 N–H and O–H groups in total. The molecule has 2 atom stereocenters. The molecule has 0 spiro atoms. The molecule has 6 nitrogen and oxygen atoms in total. The van der Waals surface area contributed by atoms with Gasteiger partial charge in [0, 0.05) is 30.1 Å². The topological polar surface area (TPSA) is 85.4 Å². The molecular weight excluding hydrogens is 282 g/mol. The Morgan fingerprint density at radius 3 is 3.14 bits per heavy atom. The van der Waals surface area contributed by atoms with Crippen molar-refractivity contribution in [3.63, 3.8) is 0 Å². The predicted molar refractivity (Wildman–Crippen MR) is 81.9 cm³/mol. The Labute approximate surface area is 128 Å². The third-order valence-corrected chi connectivity index (χ3v) is 4.17. The normalized spacial score (nSPS) is 19.3. The highest BCUT2D eigenvalue weighted by molar-refractivity contribution is 5.86. The van der Waals surface area contributed by atoms with Gasteiger partial charge in [0.05, 0.1) is 0 Å². The van der Waals surface area contributed by atoms with E-state index in [0.717, 1.165) is 29.3 Å². The first-order chi connectivity index (χ1) is 10.7. The van der Waals surface area contributed by atoms with E-state index in [2.05, 4.69) is 10.3 Å². The minimum atomic E-state index is -1.10. The molecule has 1 aromatic heterocycles. The van der Waals surface area contributed by atoms with Gasteiger partial charge in [0.2, 0.25) is 6.41 Å². The summed E-state index contributed by atoms with van der Waals surface area (Å²) in [5.41, 5.74) is 1.90. The van der Waals surface area contributed by atoms with E-state index in [1.807, 2.05) is 30.5 Å². The van der Waals surface area contributed by atoms with E-state index in [4.69, 9.17) is 0 Å². The number of hydrogen-bond acceptors (Lipinski definition) is 3. The number of nitrogens with zero attached hydrogens (tertiary/aromatic N) is 1. The first-order valence-corrected chi connectivity index (χ1v) is 7.44. The number of hydrogen-bond donors (Lipinski definition) is 3. The smallest absolute Gasteiger partial charge is 0.253 e. The SMILES string of the molecule is O=CNC1CCCN1C(=O)C(O)Cc1c[nH]c2ccccc12. The van der Waals surface area contributed by atoms with Crippen molar-refractivity contribution in [3.8, 4) is 0 Å². The Morgan fingerprint density at radius 1 is 1.50 bits per heavy atom. The fourth-order valence-corrected chi connectivity index (χ4v) is 3.07. The van der Waals surface area contributed by atoms with Gasteiger partial charge in [-0.15, -0.1) is 0 Å². The van der Waals surface area contributed by atoms with Gasteiger partial charge in [-0.2, -0.15) is 0 Å². The summed E-state index contributed by atoms with van der Waals surface area (Å²) in [6, 6.07) is 7.78. The van der Waals surface area contributed by atoms with Gasteiger partial charge in [-0.05, 0) is 24.5 Å². The number of aliphatic hydroxyl groups is 1. The number of amides is 2. The van der Waals surface area contributed by atoms with E-state index < -0.39 is 6.10 Å². The number of benzene rings is 1. The maximum absolute atomic E-state index is 12.4. The zero-order chi connectivity index (χ0) is 15.5. The van der Waals surface area contributed by atoms with Crippen molar-refractivity contribution in [2.75, 3.05) is 6.54 Å². The summed E-state index contributed by atoms with van der Waals surface area (Å²) < 4.78 is 0. The van der Waals surface area contributed by atoms with Crippen LogP contribution in [0.2, 0.25) is 0 Å². The first kappa shape index (κ1) is 14.6. The third kappa shape index (κ3) is 2.69. The Kier molecular flexibility index (Phi) is 4.11. The number of nitrogens with one attached hydrogen (secondary N) is 2. The van der Waals surface area contributed by atoms with Crippen molar-refractivity contribution < 1.29 is 14.7 Å². The summed E-state index contributed by atoms with van der Waals surface area (Å²) in [6.07, 6.45) is 2.83. The molecule has 1 aromatic carbocycles. The van der Waals surface area contributed by atoms with E-state index in [9.17, 15) is 14.7 Å². The van der Waals surface area contributed by atoms with Crippen LogP contribution in [0, 0.1) is 0 Å². The standard InChI is InChI=1S/C16H19N3O3/c20-10-18-15-6-3-7-19(15)16(22)14(21)8-11-9-17-13-5-2-1-4-12(11)13/h1-2,4-5,9-10,14-15,17,21H,3,6-8H2,(H,18,20). The molecule has 0 radical (unpaired) electrons. The van der Waals surface area contributed by atoms with E-state index >= 15 is 0 Å². The quantitative estimate of drug-likeness (QED) is 0.713. The number of likely N-dealkylation sites (tertiary alicyclic amines) is 1. The number of carbonyl (C=O) groups is 2. The van der Waals surface area contributed by atoms with Gasteiger partial charge in [0.1, 0.15) is 12.3 Å². The van der Waals surface area contributed by atoms with Gasteiger partial charge < -0.3 is 20.3 Å². The highest BCUT2D eigenvalue weighted by Crippen LogP contribution is 2.21. The summed E-state index contributed by atoms with van der Waals surface area (Å²) >= 11 is 0. The van der Waals surface area contributed by atoms with Crippen molar-refractivity contribution in [1.29, 1.82) is 0 Å². The van der Waals surface area contributed by atoms with Crippen LogP contribution >= 0.6 is 0 Å². The van der Waals surface area contributed by atoms with Crippen LogP contribution in [0.25, 0.3) is 10.9 Å². The van der Waals surface area contributed by atoms with Gasteiger partial charge in [0.25, 0.3) is 5.91 Å². The van der Waals surface area contributed by atoms with Gasteiger partial charge in [-0.3, -0.25) is 9.59 Å². The minimum absolute atomic E-state index is 0.257. The number of aliphatic hydroxyl groups excluding tert-OH is 1. The molecule has 1 fully saturated rings. The molecule has 2 unspecified atom stereocenters. The van der Waals surface area contributed by atoms with Crippen molar-refractivity contribution in [3.05, 3.63) is 36.0 Å². The van der Waals surface area contributed by atoms with Crippen LogP contribution < -0.4 is 5.32 Å². The second-order valence-electron chi connectivity index (χ2n) is 5.55. The summed E-state index contributed by atoms with van der Waals surface area (Å²) in [4.78, 5) is 27.7. The maximum atomic E-state index is 12.4. The Balaban J connectivity index is 1.72. The number of aromatic nitrogens is 1. The van der Waals surface area contributed by atoms with E-state index in [1.54, 1.807) is 4.90 Å². The minimum Gasteiger partial charge on any atom is -0.383 e. The van der Waals surface area contributed by atoms with Crippen LogP contribution in [0.15, 0.2) is 30.5 Å². The molecule has 22 heavy (non-hydrogen) atoms. The third-order valence-electron chi connectivity index (χ3n) is 4.17. The number of para-hydroxylation sites is 1. The number of rotatable bonds is 5. The zero-order valence-corrected chi connectivity index (χ0v) is 12.2. The molecule has 2 heterocycles. The van der Waals surface area contributed by atoms with Crippen LogP contribution in [-0.2, 0) is 16.0 Å². The monoisotopic (exact) mass is 301 g/mol. The molecule has 0 bridgehead atoms. The lowest BCUT2D eigenvalue weighted by atomic mass is 10.1. The van der Waals surface area contributed by atoms with Crippen LogP contribution in [0.1, 0.15) is 18.4 Å². The molecule has 116 valence electrons. The maximum Gasteiger partial charge on any atom is 0.253 e. The van der Waals surface area contributed by atoms with Gasteiger partial charge in [-0.25, -0.2) is 0 Å². The van der Waals surface area contributed by atoms with Gasteiger partial charge in [0.15, 0.2) is 0 Å². The van der Waals surface area contributed by atoms with Gasteiger partial charge >= 0.3 is 0 Å². The van der Waals surface area contributed by atoms with Crippen molar-refractivity contribution >= 4 is 23.2 Å². The average Bonchev–Trinajstić information content (AvgIpc) is 3.14. The van der Waals surface area contributed by atoms with Crippen LogP contribution in [0.5, 0.6) is 0 Å². The molecule has 3 rings (SSSR count). The number of carbonyl (C=O) groups excluding carboxylic acids is 2. The Hall–Kier alpha value is -2.34. The molecule has 2 amide bonds. The number of fused-ring (bicyclic) bond motifs is 1. The first-order valence-electron chi connectivity index (χ1n) is 7.44. The average molecular weight is 301 g/mol. The van der Waals surface area contributed by atoms with E-state index in [0.29, 0.717) is 13.0 Å². The summed E-state index contributed by atoms with van der Waals surface area (Å²) in [5.74, 6) is -0.331. The fraction of sp³-hybridized carbons (Fsp3) is 0.375. The summed E-state index contributed by atoms with van der Waals surface area (Å²) in [6.45, 7) is 0.565. The molecule has 1 aliphatic heterocycles. The highest BCUT2D eigenvalue weighted by Gasteiger charge is 2.32. The molecule has 0 aliphatic carbocycles. The molecule has 0 saturated carbocycles. The van der Waals surface area contributed by atoms with Crippen molar-refractivity contribution in [2.24, 2.45) is 0 Å². The lowest BCUT2D eigenvalue weighted by molar-refractivity contribution is -0.141. The summed E-state index contributed by atoms with van der Waals surface area (Å²) in [5, 5.41) is 13.9. The van der Waals surface area contributed by atoms with Crippen molar-refractivity contribution in [2.45, 2.75) is 31.5 Å². The van der Waals surface area contributed by atoms with Gasteiger partial charge in [-0.1, -0.05) is 18.2 Å². The molecule has 6 heteroatoms. The lowest BCUT2D eigenvalue weighted by Gasteiger charge is -2.26. The second kappa shape index (κ2) is 6.19. The van der Waals surface area contributed by atoms with Crippen LogP contribution in [0.3, 0.4) is 0 Å².